The Hall–Kier alpha value is -2.44. The number of benzene rings is 1. The highest BCUT2D eigenvalue weighted by atomic mass is 19.1. The van der Waals surface area contributed by atoms with Gasteiger partial charge in [-0.1, -0.05) is 18.6 Å². The van der Waals surface area contributed by atoms with E-state index in [1.807, 2.05) is 19.2 Å². The fourth-order valence-corrected chi connectivity index (χ4v) is 3.09. The van der Waals surface area contributed by atoms with Crippen LogP contribution in [0.15, 0.2) is 35.6 Å². The van der Waals surface area contributed by atoms with Gasteiger partial charge in [-0.15, -0.1) is 0 Å². The number of rotatable bonds is 5. The lowest BCUT2D eigenvalue weighted by Crippen LogP contribution is -2.48. The number of halogens is 1. The second kappa shape index (κ2) is 6.98. The van der Waals surface area contributed by atoms with Gasteiger partial charge in [0, 0.05) is 26.1 Å². The molecule has 0 spiro atoms. The molecular weight excluding hydrogens is 307 g/mol. The molecule has 1 aliphatic rings. The van der Waals surface area contributed by atoms with Crippen molar-refractivity contribution < 1.29 is 4.39 Å². The molecule has 1 fully saturated rings. The second-order valence-corrected chi connectivity index (χ2v) is 6.22. The van der Waals surface area contributed by atoms with E-state index in [0.29, 0.717) is 6.54 Å². The molecule has 0 radical (unpaired) electrons. The molecule has 128 valence electrons. The van der Waals surface area contributed by atoms with E-state index in [-0.39, 0.29) is 11.2 Å². The number of nitrogens with one attached hydrogen (secondary N) is 2. The number of aryl methyl sites for hydroxylation is 1. The van der Waals surface area contributed by atoms with Crippen LogP contribution in [-0.2, 0) is 19.0 Å². The highest BCUT2D eigenvalue weighted by molar-refractivity contribution is 5.79. The van der Waals surface area contributed by atoms with Crippen molar-refractivity contribution in [3.8, 4) is 0 Å². The molecular formula is C17H23FN6. The van der Waals surface area contributed by atoms with Crippen molar-refractivity contribution in [2.45, 2.75) is 31.2 Å². The molecule has 0 unspecified atom stereocenters. The van der Waals surface area contributed by atoms with E-state index in [1.54, 1.807) is 11.7 Å². The van der Waals surface area contributed by atoms with Gasteiger partial charge in [0.15, 0.2) is 5.96 Å². The number of aromatic nitrogens is 3. The summed E-state index contributed by atoms with van der Waals surface area (Å²) in [5, 5.41) is 10.7. The summed E-state index contributed by atoms with van der Waals surface area (Å²) in [5.41, 5.74) is 1.25. The highest BCUT2D eigenvalue weighted by Gasteiger charge is 2.38. The predicted molar refractivity (Wildman–Crippen MR) is 91.1 cm³/mol. The maximum Gasteiger partial charge on any atom is 0.191 e. The first-order valence-electron chi connectivity index (χ1n) is 8.16. The summed E-state index contributed by atoms with van der Waals surface area (Å²) in [6.45, 7) is 1.33. The lowest BCUT2D eigenvalue weighted by Gasteiger charge is -2.43. The summed E-state index contributed by atoms with van der Waals surface area (Å²) in [5.74, 6) is 1.38. The minimum atomic E-state index is -0.192. The first-order chi connectivity index (χ1) is 11.6. The van der Waals surface area contributed by atoms with Gasteiger partial charge in [0.25, 0.3) is 0 Å². The van der Waals surface area contributed by atoms with Crippen LogP contribution in [0.1, 0.15) is 30.7 Å². The molecule has 1 saturated carbocycles. The molecule has 3 rings (SSSR count). The smallest absolute Gasteiger partial charge is 0.191 e. The fraction of sp³-hybridized carbons (Fsp3) is 0.471. The Bertz CT molecular complexity index is 702. The standard InChI is InChI=1S/C17H23FN6/c1-19-16(20-10-15-22-12-23-24(15)2)21-11-17(8-3-9-17)13-4-6-14(18)7-5-13/h4-7,12H,3,8-11H2,1-2H3,(H2,19,20,21). The molecule has 0 bridgehead atoms. The van der Waals surface area contributed by atoms with Crippen LogP contribution in [-0.4, -0.2) is 34.3 Å². The zero-order valence-corrected chi connectivity index (χ0v) is 14.1. The van der Waals surface area contributed by atoms with Gasteiger partial charge >= 0.3 is 0 Å². The van der Waals surface area contributed by atoms with Gasteiger partial charge in [0.1, 0.15) is 18.0 Å². The molecule has 0 atom stereocenters. The van der Waals surface area contributed by atoms with Crippen LogP contribution in [0.3, 0.4) is 0 Å². The lowest BCUT2D eigenvalue weighted by atomic mass is 9.64. The molecule has 7 heteroatoms. The van der Waals surface area contributed by atoms with Crippen molar-refractivity contribution in [1.29, 1.82) is 0 Å². The van der Waals surface area contributed by atoms with Crippen LogP contribution >= 0.6 is 0 Å². The quantitative estimate of drug-likeness (QED) is 0.647. The van der Waals surface area contributed by atoms with Crippen molar-refractivity contribution in [1.82, 2.24) is 25.4 Å². The van der Waals surface area contributed by atoms with Crippen molar-refractivity contribution in [2.24, 2.45) is 12.0 Å². The van der Waals surface area contributed by atoms with E-state index in [0.717, 1.165) is 31.2 Å². The molecule has 0 amide bonds. The third-order valence-corrected chi connectivity index (χ3v) is 4.80. The molecule has 1 aromatic heterocycles. The maximum atomic E-state index is 13.2. The van der Waals surface area contributed by atoms with Crippen LogP contribution in [0.4, 0.5) is 4.39 Å². The normalized spacial score (nSPS) is 16.5. The summed E-state index contributed by atoms with van der Waals surface area (Å²) in [6, 6.07) is 6.87. The van der Waals surface area contributed by atoms with E-state index in [1.165, 1.54) is 30.4 Å². The Balaban J connectivity index is 1.60. The van der Waals surface area contributed by atoms with Crippen LogP contribution in [0.5, 0.6) is 0 Å². The van der Waals surface area contributed by atoms with E-state index in [4.69, 9.17) is 0 Å². The van der Waals surface area contributed by atoms with Gasteiger partial charge in [0.2, 0.25) is 0 Å². The van der Waals surface area contributed by atoms with Gasteiger partial charge in [-0.25, -0.2) is 9.37 Å². The van der Waals surface area contributed by atoms with E-state index in [9.17, 15) is 4.39 Å². The summed E-state index contributed by atoms with van der Waals surface area (Å²) in [6.07, 6.45) is 4.94. The molecule has 1 aromatic carbocycles. The largest absolute Gasteiger partial charge is 0.356 e. The summed E-state index contributed by atoms with van der Waals surface area (Å²) >= 11 is 0. The Morgan fingerprint density at radius 2 is 2.04 bits per heavy atom. The first-order valence-corrected chi connectivity index (χ1v) is 8.16. The number of hydrogen-bond donors (Lipinski definition) is 2. The zero-order chi connectivity index (χ0) is 17.0. The van der Waals surface area contributed by atoms with Gasteiger partial charge < -0.3 is 10.6 Å². The first kappa shape index (κ1) is 16.4. The molecule has 2 N–H and O–H groups in total. The summed E-state index contributed by atoms with van der Waals surface area (Å²) in [7, 11) is 3.61. The third-order valence-electron chi connectivity index (χ3n) is 4.80. The lowest BCUT2D eigenvalue weighted by molar-refractivity contribution is 0.243. The molecule has 24 heavy (non-hydrogen) atoms. The molecule has 6 nitrogen and oxygen atoms in total. The van der Waals surface area contributed by atoms with Crippen molar-refractivity contribution in [3.05, 3.63) is 47.8 Å². The van der Waals surface area contributed by atoms with Gasteiger partial charge in [-0.05, 0) is 30.5 Å². The van der Waals surface area contributed by atoms with Crippen LogP contribution in [0, 0.1) is 5.82 Å². The summed E-state index contributed by atoms with van der Waals surface area (Å²) in [4.78, 5) is 8.45. The van der Waals surface area contributed by atoms with Gasteiger partial charge in [-0.3, -0.25) is 9.67 Å². The average Bonchev–Trinajstić information content (AvgIpc) is 2.96. The number of guanidine groups is 1. The van der Waals surface area contributed by atoms with Crippen LogP contribution < -0.4 is 10.6 Å². The maximum absolute atomic E-state index is 13.2. The predicted octanol–water partition coefficient (Wildman–Crippen LogP) is 1.74. The van der Waals surface area contributed by atoms with E-state index < -0.39 is 0 Å². The molecule has 0 saturated heterocycles. The third kappa shape index (κ3) is 3.39. The topological polar surface area (TPSA) is 67.1 Å². The van der Waals surface area contributed by atoms with Gasteiger partial charge in [0.05, 0.1) is 6.54 Å². The Kier molecular flexibility index (Phi) is 4.78. The van der Waals surface area contributed by atoms with Crippen molar-refractivity contribution in [2.75, 3.05) is 13.6 Å². The monoisotopic (exact) mass is 330 g/mol. The van der Waals surface area contributed by atoms with Crippen LogP contribution in [0.2, 0.25) is 0 Å². The molecule has 0 aliphatic heterocycles. The zero-order valence-electron chi connectivity index (χ0n) is 14.1. The molecule has 1 heterocycles. The number of nitrogens with zero attached hydrogens (tertiary/aromatic N) is 4. The van der Waals surface area contributed by atoms with Gasteiger partial charge in [-0.2, -0.15) is 5.10 Å². The Labute approximate surface area is 141 Å². The minimum absolute atomic E-state index is 0.0656. The summed E-state index contributed by atoms with van der Waals surface area (Å²) < 4.78 is 14.9. The number of hydrogen-bond acceptors (Lipinski definition) is 3. The van der Waals surface area contributed by atoms with E-state index >= 15 is 0 Å². The van der Waals surface area contributed by atoms with Crippen LogP contribution in [0.25, 0.3) is 0 Å². The van der Waals surface area contributed by atoms with Crippen molar-refractivity contribution in [3.63, 3.8) is 0 Å². The van der Waals surface area contributed by atoms with Crippen molar-refractivity contribution >= 4 is 5.96 Å². The fourth-order valence-electron chi connectivity index (χ4n) is 3.09. The second-order valence-electron chi connectivity index (χ2n) is 6.22. The minimum Gasteiger partial charge on any atom is -0.356 e. The SMILES string of the molecule is CN=C(NCc1ncnn1C)NCC1(c2ccc(F)cc2)CCC1. The van der Waals surface area contributed by atoms with E-state index in [2.05, 4.69) is 25.7 Å². The molecule has 2 aromatic rings. The molecule has 1 aliphatic carbocycles. The Morgan fingerprint density at radius 1 is 1.29 bits per heavy atom. The highest BCUT2D eigenvalue weighted by Crippen LogP contribution is 2.43. The number of aliphatic imine (C=N–C) groups is 1. The average molecular weight is 330 g/mol. The Morgan fingerprint density at radius 3 is 2.58 bits per heavy atom.